The number of ether oxygens (including phenoxy) is 2. The minimum Gasteiger partial charge on any atom is -0.493 e. The van der Waals surface area contributed by atoms with Gasteiger partial charge in [-0.05, 0) is 81.6 Å². The van der Waals surface area contributed by atoms with E-state index in [4.69, 9.17) is 21.1 Å². The molecule has 0 spiro atoms. The summed E-state index contributed by atoms with van der Waals surface area (Å²) in [6.45, 7) is 3.00. The van der Waals surface area contributed by atoms with Crippen LogP contribution in [0.1, 0.15) is 36.8 Å². The number of fused-ring (bicyclic) bond motifs is 1. The molecule has 2 aliphatic rings. The fourth-order valence-corrected chi connectivity index (χ4v) is 5.64. The maximum atomic E-state index is 12.7. The highest BCUT2D eigenvalue weighted by atomic mass is 35.5. The number of likely N-dealkylation sites (N-methyl/N-ethyl adjacent to an activating group) is 1. The van der Waals surface area contributed by atoms with E-state index in [2.05, 4.69) is 34.7 Å². The molecule has 1 heterocycles. The largest absolute Gasteiger partial charge is 0.493 e. The fourth-order valence-electron chi connectivity index (χ4n) is 5.47. The van der Waals surface area contributed by atoms with Crippen molar-refractivity contribution in [1.82, 2.24) is 10.2 Å². The molecule has 6 nitrogen and oxygen atoms in total. The van der Waals surface area contributed by atoms with E-state index < -0.39 is 0 Å². The Morgan fingerprint density at radius 1 is 1.12 bits per heavy atom. The van der Waals surface area contributed by atoms with Gasteiger partial charge in [0, 0.05) is 28.2 Å². The predicted molar refractivity (Wildman–Crippen MR) is 128 cm³/mol. The standard InChI is InChI=1S/C25H32ClN3O3/c1-16-5-7-18(26)14-20(16)28-24(30)27-19-9-10-25(11-12-29(2)23(25)15-19)17-6-8-21(31-3)22(13-17)32-4/h5-8,13-14,19,23H,9-12,15H2,1-4H3,(H2,27,28,30)/t19-,23+,25+/m1/s1. The molecule has 2 amide bonds. The Balaban J connectivity index is 1.49. The van der Waals surface area contributed by atoms with Crippen LogP contribution < -0.4 is 20.1 Å². The zero-order valence-corrected chi connectivity index (χ0v) is 20.0. The van der Waals surface area contributed by atoms with Crippen LogP contribution in [0.4, 0.5) is 10.5 Å². The van der Waals surface area contributed by atoms with Crippen molar-refractivity contribution in [3.05, 3.63) is 52.5 Å². The minimum absolute atomic E-state index is 0.0620. The monoisotopic (exact) mass is 457 g/mol. The lowest BCUT2D eigenvalue weighted by molar-refractivity contribution is 0.156. The van der Waals surface area contributed by atoms with Crippen molar-refractivity contribution >= 4 is 23.3 Å². The van der Waals surface area contributed by atoms with Gasteiger partial charge in [0.1, 0.15) is 0 Å². The molecule has 1 aliphatic carbocycles. The van der Waals surface area contributed by atoms with Crippen LogP contribution in [-0.4, -0.2) is 50.8 Å². The summed E-state index contributed by atoms with van der Waals surface area (Å²) < 4.78 is 11.0. The molecule has 2 fully saturated rings. The Hall–Kier alpha value is -2.44. The number of aryl methyl sites for hydroxylation is 1. The number of likely N-dealkylation sites (tertiary alicyclic amines) is 1. The number of anilines is 1. The molecule has 7 heteroatoms. The Kier molecular flexibility index (Phi) is 6.54. The van der Waals surface area contributed by atoms with Crippen LogP contribution in [0.3, 0.4) is 0 Å². The number of hydrogen-bond acceptors (Lipinski definition) is 4. The number of methoxy groups -OCH3 is 2. The summed E-state index contributed by atoms with van der Waals surface area (Å²) in [6.07, 6.45) is 3.95. The average molecular weight is 458 g/mol. The lowest BCUT2D eigenvalue weighted by atomic mass is 9.65. The number of nitrogens with zero attached hydrogens (tertiary/aromatic N) is 1. The summed E-state index contributed by atoms with van der Waals surface area (Å²) in [6, 6.07) is 12.1. The molecule has 0 radical (unpaired) electrons. The van der Waals surface area contributed by atoms with Gasteiger partial charge in [-0.25, -0.2) is 4.79 Å². The highest BCUT2D eigenvalue weighted by Crippen LogP contribution is 2.49. The van der Waals surface area contributed by atoms with E-state index in [9.17, 15) is 4.79 Å². The smallest absolute Gasteiger partial charge is 0.319 e. The number of urea groups is 1. The van der Waals surface area contributed by atoms with Gasteiger partial charge in [0.2, 0.25) is 0 Å². The zero-order chi connectivity index (χ0) is 22.9. The van der Waals surface area contributed by atoms with E-state index in [0.717, 1.165) is 55.0 Å². The number of carbonyl (C=O) groups is 1. The second kappa shape index (κ2) is 9.20. The first kappa shape index (κ1) is 22.7. The van der Waals surface area contributed by atoms with Crippen LogP contribution in [0.2, 0.25) is 5.02 Å². The van der Waals surface area contributed by atoms with Crippen molar-refractivity contribution in [2.45, 2.75) is 50.1 Å². The molecular weight excluding hydrogens is 426 g/mol. The molecular formula is C25H32ClN3O3. The molecule has 2 N–H and O–H groups in total. The number of benzene rings is 2. The molecule has 172 valence electrons. The Labute approximate surface area is 195 Å². The average Bonchev–Trinajstić information content (AvgIpc) is 3.13. The first-order valence-corrected chi connectivity index (χ1v) is 11.5. The lowest BCUT2D eigenvalue weighted by Gasteiger charge is -2.45. The minimum atomic E-state index is -0.181. The quantitative estimate of drug-likeness (QED) is 0.664. The lowest BCUT2D eigenvalue weighted by Crippen LogP contribution is -2.52. The summed E-state index contributed by atoms with van der Waals surface area (Å²) in [5, 5.41) is 6.76. The Bertz CT molecular complexity index is 998. The number of hydrogen-bond donors (Lipinski definition) is 2. The van der Waals surface area contributed by atoms with E-state index in [1.165, 1.54) is 5.56 Å². The summed E-state index contributed by atoms with van der Waals surface area (Å²) in [5.74, 6) is 1.52. The van der Waals surface area contributed by atoms with Crippen LogP contribution in [0.15, 0.2) is 36.4 Å². The van der Waals surface area contributed by atoms with Gasteiger partial charge in [-0.1, -0.05) is 23.7 Å². The van der Waals surface area contributed by atoms with Crippen molar-refractivity contribution in [2.75, 3.05) is 33.1 Å². The van der Waals surface area contributed by atoms with Crippen LogP contribution >= 0.6 is 11.6 Å². The van der Waals surface area contributed by atoms with Crippen LogP contribution in [-0.2, 0) is 5.41 Å². The number of nitrogens with one attached hydrogen (secondary N) is 2. The van der Waals surface area contributed by atoms with Gasteiger partial charge in [0.05, 0.1) is 14.2 Å². The molecule has 3 atom stereocenters. The second-order valence-electron chi connectivity index (χ2n) is 9.00. The SMILES string of the molecule is COc1ccc([C@@]23CC[C@@H](NC(=O)Nc4cc(Cl)ccc4C)C[C@@H]2N(C)CC3)cc1OC. The van der Waals surface area contributed by atoms with Crippen molar-refractivity contribution < 1.29 is 14.3 Å². The molecule has 0 bridgehead atoms. The zero-order valence-electron chi connectivity index (χ0n) is 19.2. The number of amides is 2. The molecule has 1 saturated heterocycles. The van der Waals surface area contributed by atoms with Gasteiger partial charge >= 0.3 is 6.03 Å². The third-order valence-electron chi connectivity index (χ3n) is 7.27. The summed E-state index contributed by atoms with van der Waals surface area (Å²) >= 11 is 6.09. The van der Waals surface area contributed by atoms with E-state index in [0.29, 0.717) is 11.1 Å². The first-order valence-electron chi connectivity index (χ1n) is 11.1. The van der Waals surface area contributed by atoms with Crippen molar-refractivity contribution in [2.24, 2.45) is 0 Å². The van der Waals surface area contributed by atoms with E-state index in [-0.39, 0.29) is 17.5 Å². The Morgan fingerprint density at radius 2 is 1.91 bits per heavy atom. The van der Waals surface area contributed by atoms with Crippen molar-refractivity contribution in [3.8, 4) is 11.5 Å². The summed E-state index contributed by atoms with van der Waals surface area (Å²) in [7, 11) is 5.53. The second-order valence-corrected chi connectivity index (χ2v) is 9.44. The van der Waals surface area contributed by atoms with E-state index in [1.54, 1.807) is 20.3 Å². The Morgan fingerprint density at radius 3 is 2.66 bits per heavy atom. The maximum absolute atomic E-state index is 12.7. The molecule has 2 aromatic carbocycles. The summed E-state index contributed by atoms with van der Waals surface area (Å²) in [4.78, 5) is 15.1. The topological polar surface area (TPSA) is 62.8 Å². The molecule has 1 saturated carbocycles. The molecule has 32 heavy (non-hydrogen) atoms. The third-order valence-corrected chi connectivity index (χ3v) is 7.50. The third kappa shape index (κ3) is 4.26. The summed E-state index contributed by atoms with van der Waals surface area (Å²) in [5.41, 5.74) is 3.08. The first-order chi connectivity index (χ1) is 15.4. The van der Waals surface area contributed by atoms with E-state index >= 15 is 0 Å². The van der Waals surface area contributed by atoms with E-state index in [1.807, 2.05) is 25.1 Å². The molecule has 1 aliphatic heterocycles. The van der Waals surface area contributed by atoms with Crippen molar-refractivity contribution in [3.63, 3.8) is 0 Å². The fraction of sp³-hybridized carbons (Fsp3) is 0.480. The number of rotatable bonds is 5. The van der Waals surface area contributed by atoms with Crippen molar-refractivity contribution in [1.29, 1.82) is 0 Å². The molecule has 2 aromatic rings. The normalized spacial score (nSPS) is 25.2. The van der Waals surface area contributed by atoms with Gasteiger partial charge < -0.3 is 25.0 Å². The molecule has 4 rings (SSSR count). The van der Waals surface area contributed by atoms with Crippen LogP contribution in [0.5, 0.6) is 11.5 Å². The predicted octanol–water partition coefficient (Wildman–Crippen LogP) is 4.98. The van der Waals surface area contributed by atoms with Gasteiger partial charge in [-0.3, -0.25) is 0 Å². The van der Waals surface area contributed by atoms with Gasteiger partial charge in [-0.15, -0.1) is 0 Å². The number of carbonyl (C=O) groups excluding carboxylic acids is 1. The highest BCUT2D eigenvalue weighted by molar-refractivity contribution is 6.31. The molecule has 0 aromatic heterocycles. The number of halogens is 1. The van der Waals surface area contributed by atoms with Crippen LogP contribution in [0, 0.1) is 6.92 Å². The molecule has 0 unspecified atom stereocenters. The maximum Gasteiger partial charge on any atom is 0.319 e. The van der Waals surface area contributed by atoms with Gasteiger partial charge in [0.25, 0.3) is 0 Å². The van der Waals surface area contributed by atoms with Crippen LogP contribution in [0.25, 0.3) is 0 Å². The van der Waals surface area contributed by atoms with Gasteiger partial charge in [-0.2, -0.15) is 0 Å². The van der Waals surface area contributed by atoms with Gasteiger partial charge in [0.15, 0.2) is 11.5 Å². The highest BCUT2D eigenvalue weighted by Gasteiger charge is 2.50.